The molecule has 1 aliphatic heterocycles. The summed E-state index contributed by atoms with van der Waals surface area (Å²) in [5, 5.41) is 3.22. The summed E-state index contributed by atoms with van der Waals surface area (Å²) in [6.45, 7) is 10.0. The largest absolute Gasteiger partial charge is 0.370 e. The van der Waals surface area contributed by atoms with Crippen molar-refractivity contribution in [2.75, 3.05) is 41.4 Å². The summed E-state index contributed by atoms with van der Waals surface area (Å²) in [5.74, 6) is 2.75. The molecular weight excluding hydrogens is 288 g/mol. The van der Waals surface area contributed by atoms with Crippen LogP contribution in [0.25, 0.3) is 0 Å². The second-order valence-electron chi connectivity index (χ2n) is 6.35. The SMILES string of the molecule is CCNc1cc(N2CCS(=O)(=O)CC2)nc(C(C)(C)C)n1. The number of aromatic nitrogens is 2. The van der Waals surface area contributed by atoms with Crippen LogP contribution in [0.15, 0.2) is 6.07 Å². The smallest absolute Gasteiger partial charge is 0.153 e. The number of nitrogens with zero attached hydrogens (tertiary/aromatic N) is 3. The Morgan fingerprint density at radius 3 is 2.38 bits per heavy atom. The molecule has 0 aliphatic carbocycles. The molecule has 1 aromatic rings. The van der Waals surface area contributed by atoms with Gasteiger partial charge in [0.15, 0.2) is 9.84 Å². The van der Waals surface area contributed by atoms with Crippen LogP contribution in [-0.4, -0.2) is 49.5 Å². The van der Waals surface area contributed by atoms with Gasteiger partial charge in [0.2, 0.25) is 0 Å². The fraction of sp³-hybridized carbons (Fsp3) is 0.714. The average molecular weight is 312 g/mol. The van der Waals surface area contributed by atoms with Crippen molar-refractivity contribution in [2.45, 2.75) is 33.1 Å². The first-order chi connectivity index (χ1) is 9.71. The van der Waals surface area contributed by atoms with Crippen molar-refractivity contribution < 1.29 is 8.42 Å². The van der Waals surface area contributed by atoms with Crippen LogP contribution in [-0.2, 0) is 15.3 Å². The molecule has 0 radical (unpaired) electrons. The Morgan fingerprint density at radius 2 is 1.86 bits per heavy atom. The minimum absolute atomic E-state index is 0.151. The summed E-state index contributed by atoms with van der Waals surface area (Å²) < 4.78 is 23.1. The molecule has 1 aromatic heterocycles. The van der Waals surface area contributed by atoms with E-state index in [1.54, 1.807) is 0 Å². The molecule has 1 fully saturated rings. The zero-order valence-corrected chi connectivity index (χ0v) is 14.0. The summed E-state index contributed by atoms with van der Waals surface area (Å²) in [6, 6.07) is 1.90. The van der Waals surface area contributed by atoms with E-state index in [9.17, 15) is 8.42 Å². The van der Waals surface area contributed by atoms with Crippen molar-refractivity contribution >= 4 is 21.5 Å². The van der Waals surface area contributed by atoms with Crippen LogP contribution in [0.4, 0.5) is 11.6 Å². The number of hydrogen-bond acceptors (Lipinski definition) is 6. The number of nitrogens with one attached hydrogen (secondary N) is 1. The van der Waals surface area contributed by atoms with Gasteiger partial charge in [0.05, 0.1) is 11.5 Å². The second-order valence-corrected chi connectivity index (χ2v) is 8.66. The lowest BCUT2D eigenvalue weighted by Gasteiger charge is -2.29. The number of anilines is 2. The molecule has 6 nitrogen and oxygen atoms in total. The Hall–Kier alpha value is -1.37. The maximum atomic E-state index is 11.6. The van der Waals surface area contributed by atoms with Gasteiger partial charge in [-0.15, -0.1) is 0 Å². The molecule has 7 heteroatoms. The van der Waals surface area contributed by atoms with Gasteiger partial charge in [-0.25, -0.2) is 18.4 Å². The fourth-order valence-corrected chi connectivity index (χ4v) is 3.35. The predicted molar refractivity (Wildman–Crippen MR) is 85.8 cm³/mol. The van der Waals surface area contributed by atoms with Crippen molar-refractivity contribution in [3.8, 4) is 0 Å². The highest BCUT2D eigenvalue weighted by atomic mass is 32.2. The van der Waals surface area contributed by atoms with E-state index >= 15 is 0 Å². The molecule has 0 bridgehead atoms. The lowest BCUT2D eigenvalue weighted by atomic mass is 9.96. The van der Waals surface area contributed by atoms with E-state index in [-0.39, 0.29) is 16.9 Å². The third kappa shape index (κ3) is 4.06. The molecule has 1 aliphatic rings. The summed E-state index contributed by atoms with van der Waals surface area (Å²) >= 11 is 0. The highest BCUT2D eigenvalue weighted by molar-refractivity contribution is 7.91. The minimum Gasteiger partial charge on any atom is -0.370 e. The van der Waals surface area contributed by atoms with Crippen molar-refractivity contribution in [1.29, 1.82) is 0 Å². The van der Waals surface area contributed by atoms with Crippen LogP contribution in [0.2, 0.25) is 0 Å². The standard InChI is InChI=1S/C14H24N4O2S/c1-5-15-11-10-12(17-13(16-11)14(2,3)4)18-6-8-21(19,20)9-7-18/h10H,5-9H2,1-4H3,(H,15,16,17). The highest BCUT2D eigenvalue weighted by Crippen LogP contribution is 2.25. The van der Waals surface area contributed by atoms with E-state index < -0.39 is 9.84 Å². The minimum atomic E-state index is -2.88. The highest BCUT2D eigenvalue weighted by Gasteiger charge is 2.25. The van der Waals surface area contributed by atoms with Gasteiger partial charge in [-0.05, 0) is 6.92 Å². The molecule has 0 aromatic carbocycles. The molecule has 2 heterocycles. The zero-order chi connectivity index (χ0) is 15.7. The van der Waals surface area contributed by atoms with Gasteiger partial charge < -0.3 is 10.2 Å². The Morgan fingerprint density at radius 1 is 1.24 bits per heavy atom. The van der Waals surface area contributed by atoms with E-state index in [0.717, 1.165) is 24.0 Å². The second kappa shape index (κ2) is 5.79. The van der Waals surface area contributed by atoms with Crippen LogP contribution >= 0.6 is 0 Å². The third-order valence-corrected chi connectivity index (χ3v) is 5.02. The predicted octanol–water partition coefficient (Wildman–Crippen LogP) is 1.44. The maximum absolute atomic E-state index is 11.6. The molecule has 1 N–H and O–H groups in total. The Kier molecular flexibility index (Phi) is 4.41. The normalized spacial score (nSPS) is 18.6. The van der Waals surface area contributed by atoms with Crippen molar-refractivity contribution in [1.82, 2.24) is 9.97 Å². The summed E-state index contributed by atoms with van der Waals surface area (Å²) in [4.78, 5) is 11.2. The first-order valence-electron chi connectivity index (χ1n) is 7.30. The first-order valence-corrected chi connectivity index (χ1v) is 9.12. The Balaban J connectivity index is 2.32. The Bertz CT molecular complexity index is 594. The summed E-state index contributed by atoms with van der Waals surface area (Å²) in [5.41, 5.74) is -0.151. The van der Waals surface area contributed by atoms with Crippen molar-refractivity contribution in [3.63, 3.8) is 0 Å². The first kappa shape index (κ1) is 16.0. The molecule has 118 valence electrons. The van der Waals surface area contributed by atoms with Gasteiger partial charge in [0.25, 0.3) is 0 Å². The number of rotatable bonds is 3. The average Bonchev–Trinajstić information content (AvgIpc) is 2.37. The molecule has 0 atom stereocenters. The van der Waals surface area contributed by atoms with E-state index in [0.29, 0.717) is 13.1 Å². The van der Waals surface area contributed by atoms with Crippen molar-refractivity contribution in [2.24, 2.45) is 0 Å². The van der Waals surface area contributed by atoms with Crippen LogP contribution < -0.4 is 10.2 Å². The molecule has 2 rings (SSSR count). The molecule has 1 saturated heterocycles. The third-order valence-electron chi connectivity index (χ3n) is 3.41. The van der Waals surface area contributed by atoms with Gasteiger partial charge in [0, 0.05) is 31.1 Å². The van der Waals surface area contributed by atoms with Crippen LogP contribution in [0, 0.1) is 0 Å². The van der Waals surface area contributed by atoms with Gasteiger partial charge >= 0.3 is 0 Å². The van der Waals surface area contributed by atoms with Crippen LogP contribution in [0.5, 0.6) is 0 Å². The summed E-state index contributed by atoms with van der Waals surface area (Å²) in [7, 11) is -2.88. The van der Waals surface area contributed by atoms with Gasteiger partial charge in [-0.3, -0.25) is 0 Å². The molecule has 0 spiro atoms. The fourth-order valence-electron chi connectivity index (χ4n) is 2.15. The van der Waals surface area contributed by atoms with E-state index in [2.05, 4.69) is 36.1 Å². The van der Waals surface area contributed by atoms with Gasteiger partial charge in [-0.2, -0.15) is 0 Å². The maximum Gasteiger partial charge on any atom is 0.153 e. The molecule has 0 unspecified atom stereocenters. The molecule has 21 heavy (non-hydrogen) atoms. The van der Waals surface area contributed by atoms with Gasteiger partial charge in [0.1, 0.15) is 17.5 Å². The molecule has 0 saturated carbocycles. The van der Waals surface area contributed by atoms with Gasteiger partial charge in [-0.1, -0.05) is 20.8 Å². The van der Waals surface area contributed by atoms with E-state index in [4.69, 9.17) is 0 Å². The topological polar surface area (TPSA) is 75.2 Å². The molecule has 0 amide bonds. The lowest BCUT2D eigenvalue weighted by molar-refractivity contribution is 0.544. The van der Waals surface area contributed by atoms with Crippen LogP contribution in [0.3, 0.4) is 0 Å². The van der Waals surface area contributed by atoms with E-state index in [1.165, 1.54) is 0 Å². The lowest BCUT2D eigenvalue weighted by Crippen LogP contribution is -2.41. The number of hydrogen-bond donors (Lipinski definition) is 1. The van der Waals surface area contributed by atoms with E-state index in [1.807, 2.05) is 17.9 Å². The quantitative estimate of drug-likeness (QED) is 0.910. The van der Waals surface area contributed by atoms with Crippen LogP contribution in [0.1, 0.15) is 33.5 Å². The summed E-state index contributed by atoms with van der Waals surface area (Å²) in [6.07, 6.45) is 0. The van der Waals surface area contributed by atoms with Crippen molar-refractivity contribution in [3.05, 3.63) is 11.9 Å². The Labute approximate surface area is 126 Å². The molecular formula is C14H24N4O2S. The number of sulfone groups is 1. The monoisotopic (exact) mass is 312 g/mol. The zero-order valence-electron chi connectivity index (χ0n) is 13.2.